The highest BCUT2D eigenvalue weighted by Crippen LogP contribution is 2.26. The zero-order valence-corrected chi connectivity index (χ0v) is 14.2. The minimum absolute atomic E-state index is 0.251. The van der Waals surface area contributed by atoms with E-state index in [0.717, 1.165) is 5.56 Å². The first-order valence-corrected chi connectivity index (χ1v) is 8.92. The molecule has 0 aliphatic heterocycles. The number of aromatic nitrogens is 3. The smallest absolute Gasteiger partial charge is 0.295 e. The Hall–Kier alpha value is -1.11. The van der Waals surface area contributed by atoms with Gasteiger partial charge in [-0.05, 0) is 32.4 Å². The Morgan fingerprint density at radius 1 is 1.19 bits per heavy atom. The fourth-order valence-corrected chi connectivity index (χ4v) is 3.30. The maximum Gasteiger partial charge on any atom is 0.296 e. The number of benzene rings is 1. The van der Waals surface area contributed by atoms with Crippen molar-refractivity contribution in [1.29, 1.82) is 0 Å². The van der Waals surface area contributed by atoms with Gasteiger partial charge in [-0.3, -0.25) is 4.57 Å². The van der Waals surface area contributed by atoms with Crippen LogP contribution in [0, 0.1) is 0 Å². The summed E-state index contributed by atoms with van der Waals surface area (Å²) in [5.74, 6) is 0.495. The summed E-state index contributed by atoms with van der Waals surface area (Å²) in [5.41, 5.74) is 0.313. The number of halogens is 2. The molecule has 0 bridgehead atoms. The van der Waals surface area contributed by atoms with Crippen molar-refractivity contribution in [2.45, 2.75) is 37.9 Å². The molecule has 5 nitrogen and oxygen atoms in total. The lowest BCUT2D eigenvalue weighted by Crippen LogP contribution is -2.27. The average molecular weight is 348 g/mol. The van der Waals surface area contributed by atoms with Gasteiger partial charge in [0.1, 0.15) is 5.82 Å². The molecule has 0 aliphatic rings. The molecule has 8 heteroatoms. The summed E-state index contributed by atoms with van der Waals surface area (Å²) in [6.07, 6.45) is 0.371. The van der Waals surface area contributed by atoms with E-state index in [1.807, 2.05) is 39.0 Å². The van der Waals surface area contributed by atoms with Crippen LogP contribution >= 0.6 is 22.3 Å². The highest BCUT2D eigenvalue weighted by atomic mass is 35.7. The highest BCUT2D eigenvalue weighted by molar-refractivity contribution is 8.13. The number of hydrogen-bond donors (Lipinski definition) is 0. The van der Waals surface area contributed by atoms with Gasteiger partial charge in [-0.25, -0.2) is 8.42 Å². The molecule has 2 rings (SSSR count). The van der Waals surface area contributed by atoms with Gasteiger partial charge in [0.15, 0.2) is 0 Å². The normalized spacial score (nSPS) is 12.6. The largest absolute Gasteiger partial charge is 0.296 e. The van der Waals surface area contributed by atoms with E-state index < -0.39 is 14.6 Å². The van der Waals surface area contributed by atoms with Crippen LogP contribution in [0.3, 0.4) is 0 Å². The monoisotopic (exact) mass is 347 g/mol. The molecule has 0 fully saturated rings. The number of hydrogen-bond acceptors (Lipinski definition) is 4. The standard InChI is InChI=1S/C13H15Cl2N3O2S/c1-13(2,3)18-11(16-17-12(18)21(15,19)20)8-9-6-4-5-7-10(9)14/h4-7H,8H2,1-3H3. The van der Waals surface area contributed by atoms with Gasteiger partial charge in [-0.2, -0.15) is 0 Å². The summed E-state index contributed by atoms with van der Waals surface area (Å²) in [7, 11) is 1.47. The van der Waals surface area contributed by atoms with Crippen LogP contribution < -0.4 is 0 Å². The van der Waals surface area contributed by atoms with Crippen molar-refractivity contribution in [2.75, 3.05) is 0 Å². The molecule has 114 valence electrons. The Kier molecular flexibility index (Phi) is 4.33. The van der Waals surface area contributed by atoms with E-state index in [4.69, 9.17) is 22.3 Å². The number of nitrogens with zero attached hydrogens (tertiary/aromatic N) is 3. The van der Waals surface area contributed by atoms with Crippen LogP contribution in [0.4, 0.5) is 0 Å². The third-order valence-electron chi connectivity index (χ3n) is 2.90. The van der Waals surface area contributed by atoms with Gasteiger partial charge >= 0.3 is 0 Å². The molecule has 1 aromatic carbocycles. The first kappa shape index (κ1) is 16.3. The molecule has 0 spiro atoms. The van der Waals surface area contributed by atoms with Crippen molar-refractivity contribution < 1.29 is 8.42 Å². The van der Waals surface area contributed by atoms with Crippen LogP contribution in [0.1, 0.15) is 32.2 Å². The molecule has 0 atom stereocenters. The van der Waals surface area contributed by atoms with E-state index >= 15 is 0 Å². The third-order valence-corrected chi connectivity index (χ3v) is 4.38. The van der Waals surface area contributed by atoms with Gasteiger partial charge in [0, 0.05) is 27.7 Å². The van der Waals surface area contributed by atoms with Gasteiger partial charge in [-0.1, -0.05) is 29.8 Å². The molecule has 0 N–H and O–H groups in total. The van der Waals surface area contributed by atoms with E-state index in [1.54, 1.807) is 6.07 Å². The zero-order valence-electron chi connectivity index (χ0n) is 11.8. The van der Waals surface area contributed by atoms with Crippen molar-refractivity contribution in [3.05, 3.63) is 40.7 Å². The van der Waals surface area contributed by atoms with E-state index in [-0.39, 0.29) is 5.16 Å². The Balaban J connectivity index is 2.56. The lowest BCUT2D eigenvalue weighted by Gasteiger charge is -2.24. The van der Waals surface area contributed by atoms with Crippen LogP contribution in [0.2, 0.25) is 5.02 Å². The highest BCUT2D eigenvalue weighted by Gasteiger charge is 2.29. The molecule has 1 heterocycles. The summed E-state index contributed by atoms with van der Waals surface area (Å²) in [6.45, 7) is 5.58. The second-order valence-corrected chi connectivity index (χ2v) is 8.48. The van der Waals surface area contributed by atoms with Crippen LogP contribution in [-0.2, 0) is 21.0 Å². The molecule has 0 saturated heterocycles. The van der Waals surface area contributed by atoms with Crippen LogP contribution in [0.15, 0.2) is 29.4 Å². The Labute approximate surface area is 133 Å². The first-order chi connectivity index (χ1) is 9.60. The van der Waals surface area contributed by atoms with Gasteiger partial charge in [0.2, 0.25) is 0 Å². The molecule has 0 aliphatic carbocycles. The zero-order chi connectivity index (χ0) is 15.8. The Bertz CT molecular complexity index is 764. The predicted octanol–water partition coefficient (Wildman–Crippen LogP) is 3.20. The molecule has 21 heavy (non-hydrogen) atoms. The number of rotatable bonds is 3. The van der Waals surface area contributed by atoms with Gasteiger partial charge in [0.25, 0.3) is 14.2 Å². The van der Waals surface area contributed by atoms with Crippen molar-refractivity contribution in [1.82, 2.24) is 14.8 Å². The summed E-state index contributed by atoms with van der Waals surface area (Å²) < 4.78 is 24.8. The lowest BCUT2D eigenvalue weighted by atomic mass is 10.1. The average Bonchev–Trinajstić information content (AvgIpc) is 2.75. The fourth-order valence-electron chi connectivity index (χ4n) is 2.06. The Morgan fingerprint density at radius 2 is 1.81 bits per heavy atom. The molecule has 2 aromatic rings. The topological polar surface area (TPSA) is 64.8 Å². The maximum absolute atomic E-state index is 11.6. The second-order valence-electron chi connectivity index (χ2n) is 5.61. The minimum atomic E-state index is -3.97. The van der Waals surface area contributed by atoms with Crippen molar-refractivity contribution in [3.63, 3.8) is 0 Å². The minimum Gasteiger partial charge on any atom is -0.295 e. The van der Waals surface area contributed by atoms with Gasteiger partial charge in [0.05, 0.1) is 0 Å². The van der Waals surface area contributed by atoms with E-state index in [1.165, 1.54) is 4.57 Å². The third kappa shape index (κ3) is 3.56. The molecule has 0 radical (unpaired) electrons. The quantitative estimate of drug-likeness (QED) is 0.799. The summed E-state index contributed by atoms with van der Waals surface area (Å²) in [5, 5.41) is 8.05. The van der Waals surface area contributed by atoms with Crippen molar-refractivity contribution >= 4 is 31.3 Å². The molecule has 0 unspecified atom stereocenters. The van der Waals surface area contributed by atoms with E-state index in [9.17, 15) is 8.42 Å². The van der Waals surface area contributed by atoms with Crippen LogP contribution in [0.5, 0.6) is 0 Å². The molecular weight excluding hydrogens is 333 g/mol. The van der Waals surface area contributed by atoms with E-state index in [2.05, 4.69) is 10.2 Å². The Morgan fingerprint density at radius 3 is 2.33 bits per heavy atom. The molecular formula is C13H15Cl2N3O2S. The fraction of sp³-hybridized carbons (Fsp3) is 0.385. The summed E-state index contributed by atoms with van der Waals surface area (Å²) in [6, 6.07) is 7.32. The van der Waals surface area contributed by atoms with Crippen molar-refractivity contribution in [3.8, 4) is 0 Å². The van der Waals surface area contributed by atoms with Crippen LogP contribution in [-0.4, -0.2) is 23.2 Å². The van der Waals surface area contributed by atoms with Crippen LogP contribution in [0.25, 0.3) is 0 Å². The van der Waals surface area contributed by atoms with Gasteiger partial charge in [-0.15, -0.1) is 10.2 Å². The van der Waals surface area contributed by atoms with E-state index in [0.29, 0.717) is 17.3 Å². The summed E-state index contributed by atoms with van der Waals surface area (Å²) in [4.78, 5) is 0. The molecule has 0 saturated carbocycles. The second kappa shape index (κ2) is 5.59. The molecule has 0 amide bonds. The van der Waals surface area contributed by atoms with Gasteiger partial charge < -0.3 is 0 Å². The first-order valence-electron chi connectivity index (χ1n) is 6.23. The lowest BCUT2D eigenvalue weighted by molar-refractivity contribution is 0.352. The maximum atomic E-state index is 11.6. The molecule has 1 aromatic heterocycles. The SMILES string of the molecule is CC(C)(C)n1c(Cc2ccccc2Cl)nnc1S(=O)(=O)Cl. The van der Waals surface area contributed by atoms with Crippen molar-refractivity contribution in [2.24, 2.45) is 0 Å². The predicted molar refractivity (Wildman–Crippen MR) is 82.3 cm³/mol. The summed E-state index contributed by atoms with van der Waals surface area (Å²) >= 11 is 6.14.